The molecule has 1 aliphatic rings. The molecule has 0 aromatic carbocycles. The monoisotopic (exact) mass is 228 g/mol. The number of carboxylic acids is 1. The summed E-state index contributed by atoms with van der Waals surface area (Å²) in [5.41, 5.74) is -0.624. The van der Waals surface area contributed by atoms with Crippen LogP contribution in [0.1, 0.15) is 33.1 Å². The molecule has 0 unspecified atom stereocenters. The lowest BCUT2D eigenvalue weighted by Gasteiger charge is -2.31. The maximum absolute atomic E-state index is 12.2. The van der Waals surface area contributed by atoms with Gasteiger partial charge in [-0.05, 0) is 33.7 Å². The largest absolute Gasteiger partial charge is 0.481 e. The summed E-state index contributed by atoms with van der Waals surface area (Å²) in [5.74, 6) is -0.875. The van der Waals surface area contributed by atoms with Gasteiger partial charge in [-0.2, -0.15) is 0 Å². The van der Waals surface area contributed by atoms with E-state index in [4.69, 9.17) is 5.11 Å². The molecule has 0 bridgehead atoms. The molecule has 1 amide bonds. The van der Waals surface area contributed by atoms with Gasteiger partial charge in [-0.15, -0.1) is 0 Å². The Balaban J connectivity index is 2.62. The molecular weight excluding hydrogens is 208 g/mol. The third-order valence-corrected chi connectivity index (χ3v) is 2.97. The Morgan fingerprint density at radius 1 is 1.44 bits per heavy atom. The van der Waals surface area contributed by atoms with Gasteiger partial charge in [0.1, 0.15) is 0 Å². The second-order valence-electron chi connectivity index (χ2n) is 4.75. The molecule has 0 aromatic heterocycles. The van der Waals surface area contributed by atoms with Crippen LogP contribution in [0.15, 0.2) is 0 Å². The molecule has 0 heterocycles. The van der Waals surface area contributed by atoms with Crippen LogP contribution in [0.4, 0.5) is 0 Å². The van der Waals surface area contributed by atoms with E-state index >= 15 is 0 Å². The Morgan fingerprint density at radius 2 is 2.00 bits per heavy atom. The molecule has 1 saturated carbocycles. The Morgan fingerprint density at radius 3 is 2.38 bits per heavy atom. The van der Waals surface area contributed by atoms with Crippen molar-refractivity contribution < 1.29 is 14.7 Å². The Kier molecular flexibility index (Phi) is 3.91. The van der Waals surface area contributed by atoms with E-state index in [9.17, 15) is 9.59 Å². The molecule has 5 heteroatoms. The number of carboxylic acid groups (broad SMARTS) is 1. The number of likely N-dealkylation sites (N-methyl/N-ethyl adjacent to an activating group) is 1. The molecular formula is C11H20N2O3. The summed E-state index contributed by atoms with van der Waals surface area (Å²) in [6.45, 7) is 3.93. The van der Waals surface area contributed by atoms with E-state index < -0.39 is 11.5 Å². The number of carbonyl (C=O) groups is 2. The van der Waals surface area contributed by atoms with Gasteiger partial charge in [-0.1, -0.05) is 0 Å². The van der Waals surface area contributed by atoms with Crippen LogP contribution in [-0.4, -0.2) is 47.1 Å². The number of aliphatic carboxylic acids is 1. The van der Waals surface area contributed by atoms with Gasteiger partial charge in [0.05, 0.1) is 12.0 Å². The first-order chi connectivity index (χ1) is 7.38. The first-order valence-electron chi connectivity index (χ1n) is 5.60. The number of nitrogens with zero attached hydrogens (tertiary/aromatic N) is 1. The van der Waals surface area contributed by atoms with Crippen LogP contribution >= 0.6 is 0 Å². The van der Waals surface area contributed by atoms with Crippen molar-refractivity contribution in [2.45, 2.75) is 44.7 Å². The third-order valence-electron chi connectivity index (χ3n) is 2.97. The fraction of sp³-hybridized carbons (Fsp3) is 0.818. The van der Waals surface area contributed by atoms with Crippen molar-refractivity contribution in [3.05, 3.63) is 0 Å². The number of rotatable bonds is 6. The van der Waals surface area contributed by atoms with Crippen LogP contribution in [-0.2, 0) is 9.59 Å². The summed E-state index contributed by atoms with van der Waals surface area (Å²) >= 11 is 0. The van der Waals surface area contributed by atoms with Gasteiger partial charge in [-0.25, -0.2) is 0 Å². The van der Waals surface area contributed by atoms with Crippen LogP contribution in [0.2, 0.25) is 0 Å². The van der Waals surface area contributed by atoms with E-state index in [-0.39, 0.29) is 18.4 Å². The summed E-state index contributed by atoms with van der Waals surface area (Å²) in [5, 5.41) is 11.6. The van der Waals surface area contributed by atoms with Crippen molar-refractivity contribution in [2.75, 3.05) is 13.6 Å². The number of amides is 1. The molecule has 92 valence electrons. The topological polar surface area (TPSA) is 69.6 Å². The SMILES string of the molecule is CNC(C)(C)C(=O)N(CCC(=O)O)C1CC1. The summed E-state index contributed by atoms with van der Waals surface area (Å²) < 4.78 is 0. The van der Waals surface area contributed by atoms with E-state index in [0.717, 1.165) is 12.8 Å². The molecule has 16 heavy (non-hydrogen) atoms. The highest BCUT2D eigenvalue weighted by molar-refractivity contribution is 5.86. The molecule has 1 fully saturated rings. The Labute approximate surface area is 95.8 Å². The van der Waals surface area contributed by atoms with Crippen molar-refractivity contribution in [3.63, 3.8) is 0 Å². The van der Waals surface area contributed by atoms with Gasteiger partial charge < -0.3 is 15.3 Å². The van der Waals surface area contributed by atoms with Crippen LogP contribution in [0.3, 0.4) is 0 Å². The summed E-state index contributed by atoms with van der Waals surface area (Å²) in [6, 6.07) is 0.250. The van der Waals surface area contributed by atoms with Gasteiger partial charge in [0.15, 0.2) is 0 Å². The summed E-state index contributed by atoms with van der Waals surface area (Å²) in [4.78, 5) is 24.4. The molecule has 1 aliphatic carbocycles. The van der Waals surface area contributed by atoms with Gasteiger partial charge in [-0.3, -0.25) is 9.59 Å². The van der Waals surface area contributed by atoms with Gasteiger partial charge >= 0.3 is 5.97 Å². The lowest BCUT2D eigenvalue weighted by Crippen LogP contribution is -2.53. The highest BCUT2D eigenvalue weighted by atomic mass is 16.4. The van der Waals surface area contributed by atoms with Crippen molar-refractivity contribution in [3.8, 4) is 0 Å². The zero-order valence-corrected chi connectivity index (χ0v) is 10.1. The lowest BCUT2D eigenvalue weighted by molar-refractivity contribution is -0.140. The first-order valence-corrected chi connectivity index (χ1v) is 5.60. The van der Waals surface area contributed by atoms with Crippen molar-refractivity contribution in [1.29, 1.82) is 0 Å². The van der Waals surface area contributed by atoms with Gasteiger partial charge in [0.25, 0.3) is 0 Å². The molecule has 0 spiro atoms. The van der Waals surface area contributed by atoms with Crippen LogP contribution in [0.25, 0.3) is 0 Å². The van der Waals surface area contributed by atoms with Crippen molar-refractivity contribution >= 4 is 11.9 Å². The number of hydrogen-bond donors (Lipinski definition) is 2. The van der Waals surface area contributed by atoms with Gasteiger partial charge in [0, 0.05) is 12.6 Å². The molecule has 0 aromatic rings. The smallest absolute Gasteiger partial charge is 0.305 e. The highest BCUT2D eigenvalue weighted by Gasteiger charge is 2.38. The molecule has 1 rings (SSSR count). The number of nitrogens with one attached hydrogen (secondary N) is 1. The lowest BCUT2D eigenvalue weighted by atomic mass is 10.0. The fourth-order valence-corrected chi connectivity index (χ4v) is 1.52. The maximum Gasteiger partial charge on any atom is 0.305 e. The average molecular weight is 228 g/mol. The van der Waals surface area contributed by atoms with Crippen LogP contribution < -0.4 is 5.32 Å². The minimum absolute atomic E-state index is 0.0150. The second-order valence-corrected chi connectivity index (χ2v) is 4.75. The molecule has 5 nitrogen and oxygen atoms in total. The number of carbonyl (C=O) groups excluding carboxylic acids is 1. The van der Waals surface area contributed by atoms with Crippen LogP contribution in [0, 0.1) is 0 Å². The minimum Gasteiger partial charge on any atom is -0.481 e. The predicted octanol–water partition coefficient (Wildman–Crippen LogP) is 0.450. The molecule has 0 atom stereocenters. The molecule has 0 aliphatic heterocycles. The number of hydrogen-bond acceptors (Lipinski definition) is 3. The predicted molar refractivity (Wildman–Crippen MR) is 60.1 cm³/mol. The quantitative estimate of drug-likeness (QED) is 0.692. The maximum atomic E-state index is 12.2. The molecule has 0 radical (unpaired) electrons. The van der Waals surface area contributed by atoms with E-state index in [2.05, 4.69) is 5.32 Å². The zero-order valence-electron chi connectivity index (χ0n) is 10.1. The third kappa shape index (κ3) is 3.20. The molecule has 0 saturated heterocycles. The summed E-state index contributed by atoms with van der Waals surface area (Å²) in [6.07, 6.45) is 2.00. The second kappa shape index (κ2) is 4.82. The van der Waals surface area contributed by atoms with Crippen molar-refractivity contribution in [2.24, 2.45) is 0 Å². The first kappa shape index (κ1) is 13.0. The van der Waals surface area contributed by atoms with Crippen molar-refractivity contribution in [1.82, 2.24) is 10.2 Å². The normalized spacial score (nSPS) is 15.9. The highest BCUT2D eigenvalue weighted by Crippen LogP contribution is 2.28. The fourth-order valence-electron chi connectivity index (χ4n) is 1.52. The van der Waals surface area contributed by atoms with Gasteiger partial charge in [0.2, 0.25) is 5.91 Å². The summed E-state index contributed by atoms with van der Waals surface area (Å²) in [7, 11) is 1.74. The Hall–Kier alpha value is -1.10. The standard InChI is InChI=1S/C11H20N2O3/c1-11(2,12-3)10(16)13(8-4-5-8)7-6-9(14)15/h8,12H,4-7H2,1-3H3,(H,14,15). The van der Waals surface area contributed by atoms with E-state index in [1.165, 1.54) is 0 Å². The van der Waals surface area contributed by atoms with E-state index in [1.807, 2.05) is 13.8 Å². The molecule has 2 N–H and O–H groups in total. The Bertz CT molecular complexity index is 285. The minimum atomic E-state index is -0.860. The van der Waals surface area contributed by atoms with Crippen LogP contribution in [0.5, 0.6) is 0 Å². The van der Waals surface area contributed by atoms with E-state index in [0.29, 0.717) is 6.54 Å². The van der Waals surface area contributed by atoms with E-state index in [1.54, 1.807) is 11.9 Å². The average Bonchev–Trinajstić information content (AvgIpc) is 3.01. The zero-order chi connectivity index (χ0) is 12.3.